The van der Waals surface area contributed by atoms with Crippen molar-refractivity contribution in [3.05, 3.63) is 50.6 Å². The summed E-state index contributed by atoms with van der Waals surface area (Å²) in [6, 6.07) is 11.6. The lowest BCUT2D eigenvalue weighted by atomic mass is 10.1. The molecule has 21 heavy (non-hydrogen) atoms. The molecule has 2 nitrogen and oxygen atoms in total. The largest absolute Gasteiger partial charge is 0.365 e. The van der Waals surface area contributed by atoms with Crippen molar-refractivity contribution in [1.29, 1.82) is 0 Å². The van der Waals surface area contributed by atoms with Crippen molar-refractivity contribution in [2.45, 2.75) is 32.0 Å². The van der Waals surface area contributed by atoms with Gasteiger partial charge in [0.05, 0.1) is 6.54 Å². The Bertz CT molecular complexity index is 635. The highest BCUT2D eigenvalue weighted by molar-refractivity contribution is 9.10. The number of halogens is 1. The van der Waals surface area contributed by atoms with Crippen molar-refractivity contribution < 1.29 is 0 Å². The van der Waals surface area contributed by atoms with Crippen LogP contribution in [-0.4, -0.2) is 12.6 Å². The molecule has 4 rings (SSSR count). The Morgan fingerprint density at radius 3 is 2.86 bits per heavy atom. The van der Waals surface area contributed by atoms with Gasteiger partial charge in [-0.05, 0) is 57.8 Å². The third-order valence-corrected chi connectivity index (χ3v) is 6.43. The maximum Gasteiger partial charge on any atom is 0.0534 e. The van der Waals surface area contributed by atoms with Crippen molar-refractivity contribution in [2.75, 3.05) is 11.4 Å². The predicted molar refractivity (Wildman–Crippen MR) is 92.9 cm³/mol. The molecule has 0 amide bonds. The van der Waals surface area contributed by atoms with Crippen LogP contribution >= 0.6 is 27.3 Å². The van der Waals surface area contributed by atoms with E-state index in [0.29, 0.717) is 6.04 Å². The van der Waals surface area contributed by atoms with E-state index in [4.69, 9.17) is 0 Å². The van der Waals surface area contributed by atoms with Crippen LogP contribution in [0.4, 0.5) is 5.69 Å². The van der Waals surface area contributed by atoms with Crippen LogP contribution in [0.15, 0.2) is 40.2 Å². The highest BCUT2D eigenvalue weighted by Gasteiger charge is 2.34. The number of hydrogen-bond acceptors (Lipinski definition) is 3. The second-order valence-corrected chi connectivity index (χ2v) is 7.88. The fourth-order valence-corrected chi connectivity index (χ4v) is 4.68. The van der Waals surface area contributed by atoms with E-state index >= 15 is 0 Å². The summed E-state index contributed by atoms with van der Waals surface area (Å²) in [4.78, 5) is 3.98. The summed E-state index contributed by atoms with van der Waals surface area (Å²) < 4.78 is 1.24. The topological polar surface area (TPSA) is 15.3 Å². The number of nitrogens with one attached hydrogen (secondary N) is 1. The van der Waals surface area contributed by atoms with Gasteiger partial charge >= 0.3 is 0 Å². The SMILES string of the molecule is Brc1ccsc1CN1CC(C2CC2)NCc2ccccc21. The summed E-state index contributed by atoms with van der Waals surface area (Å²) in [7, 11) is 0. The number of anilines is 1. The Kier molecular flexibility index (Phi) is 3.78. The first kappa shape index (κ1) is 13.8. The Balaban J connectivity index is 1.65. The minimum absolute atomic E-state index is 0.635. The number of fused-ring (bicyclic) bond motifs is 1. The zero-order chi connectivity index (χ0) is 14.2. The molecule has 1 aliphatic heterocycles. The molecule has 1 saturated carbocycles. The zero-order valence-corrected chi connectivity index (χ0v) is 14.3. The highest BCUT2D eigenvalue weighted by atomic mass is 79.9. The van der Waals surface area contributed by atoms with E-state index in [1.54, 1.807) is 0 Å². The normalized spacial score (nSPS) is 22.0. The van der Waals surface area contributed by atoms with Gasteiger partial charge in [-0.15, -0.1) is 11.3 Å². The van der Waals surface area contributed by atoms with Gasteiger partial charge in [-0.25, -0.2) is 0 Å². The fourth-order valence-electron chi connectivity index (χ4n) is 3.19. The number of para-hydroxylation sites is 1. The molecule has 1 aromatic carbocycles. The van der Waals surface area contributed by atoms with Gasteiger partial charge in [0.1, 0.15) is 0 Å². The minimum Gasteiger partial charge on any atom is -0.365 e. The molecule has 110 valence electrons. The molecular formula is C17H19BrN2S. The molecule has 0 bridgehead atoms. The number of hydrogen-bond donors (Lipinski definition) is 1. The Labute approximate surface area is 138 Å². The quantitative estimate of drug-likeness (QED) is 0.870. The molecule has 1 aliphatic carbocycles. The van der Waals surface area contributed by atoms with Gasteiger partial charge in [-0.1, -0.05) is 18.2 Å². The maximum atomic E-state index is 3.77. The third kappa shape index (κ3) is 2.89. The van der Waals surface area contributed by atoms with Crippen molar-refractivity contribution in [1.82, 2.24) is 5.32 Å². The van der Waals surface area contributed by atoms with Crippen LogP contribution < -0.4 is 10.2 Å². The van der Waals surface area contributed by atoms with Crippen LogP contribution in [0, 0.1) is 5.92 Å². The maximum absolute atomic E-state index is 3.77. The average molecular weight is 363 g/mol. The van der Waals surface area contributed by atoms with E-state index in [0.717, 1.165) is 25.6 Å². The molecule has 0 spiro atoms. The van der Waals surface area contributed by atoms with E-state index in [2.05, 4.69) is 61.9 Å². The van der Waals surface area contributed by atoms with Gasteiger partial charge in [0.2, 0.25) is 0 Å². The van der Waals surface area contributed by atoms with E-state index in [-0.39, 0.29) is 0 Å². The lowest BCUT2D eigenvalue weighted by Crippen LogP contribution is -2.39. The molecule has 1 fully saturated rings. The third-order valence-electron chi connectivity index (χ3n) is 4.52. The van der Waals surface area contributed by atoms with Crippen molar-refractivity contribution in [2.24, 2.45) is 5.92 Å². The van der Waals surface area contributed by atoms with Crippen LogP contribution in [0.2, 0.25) is 0 Å². The monoisotopic (exact) mass is 362 g/mol. The Morgan fingerprint density at radius 2 is 2.10 bits per heavy atom. The Hall–Kier alpha value is -0.840. The van der Waals surface area contributed by atoms with Gasteiger partial charge in [0.25, 0.3) is 0 Å². The number of benzene rings is 1. The molecular weight excluding hydrogens is 344 g/mol. The van der Waals surface area contributed by atoms with E-state index in [9.17, 15) is 0 Å². The number of rotatable bonds is 3. The molecule has 1 aromatic heterocycles. The van der Waals surface area contributed by atoms with Gasteiger partial charge in [-0.3, -0.25) is 0 Å². The zero-order valence-electron chi connectivity index (χ0n) is 11.9. The number of thiophene rings is 1. The van der Waals surface area contributed by atoms with Crippen LogP contribution in [-0.2, 0) is 13.1 Å². The fraction of sp³-hybridized carbons (Fsp3) is 0.412. The molecule has 1 N–H and O–H groups in total. The molecule has 0 radical (unpaired) electrons. The first-order chi connectivity index (χ1) is 10.3. The van der Waals surface area contributed by atoms with Crippen molar-refractivity contribution in [3.63, 3.8) is 0 Å². The lowest BCUT2D eigenvalue weighted by molar-refractivity contribution is 0.467. The smallest absolute Gasteiger partial charge is 0.0534 e. The summed E-state index contributed by atoms with van der Waals surface area (Å²) in [6.45, 7) is 3.12. The van der Waals surface area contributed by atoms with Crippen LogP contribution in [0.5, 0.6) is 0 Å². The van der Waals surface area contributed by atoms with E-state index in [1.807, 2.05) is 11.3 Å². The van der Waals surface area contributed by atoms with E-state index < -0.39 is 0 Å². The molecule has 2 aliphatic rings. The summed E-state index contributed by atoms with van der Waals surface area (Å²) in [6.07, 6.45) is 2.79. The van der Waals surface area contributed by atoms with E-state index in [1.165, 1.54) is 33.4 Å². The molecule has 1 unspecified atom stereocenters. The van der Waals surface area contributed by atoms with Gasteiger partial charge < -0.3 is 10.2 Å². The average Bonchev–Trinajstić information content (AvgIpc) is 3.28. The minimum atomic E-state index is 0.635. The van der Waals surface area contributed by atoms with Gasteiger partial charge in [-0.2, -0.15) is 0 Å². The van der Waals surface area contributed by atoms with Crippen LogP contribution in [0.25, 0.3) is 0 Å². The standard InChI is InChI=1S/C17H19BrN2S/c18-14-7-8-21-17(14)11-20-10-15(12-5-6-12)19-9-13-3-1-2-4-16(13)20/h1-4,7-8,12,15,19H,5-6,9-11H2. The van der Waals surface area contributed by atoms with Gasteiger partial charge in [0, 0.05) is 34.2 Å². The molecule has 4 heteroatoms. The molecule has 2 heterocycles. The van der Waals surface area contributed by atoms with Crippen molar-refractivity contribution in [3.8, 4) is 0 Å². The molecule has 0 saturated heterocycles. The summed E-state index contributed by atoms with van der Waals surface area (Å²) >= 11 is 5.52. The highest BCUT2D eigenvalue weighted by Crippen LogP contribution is 2.36. The van der Waals surface area contributed by atoms with Gasteiger partial charge in [0.15, 0.2) is 0 Å². The second kappa shape index (κ2) is 5.75. The Morgan fingerprint density at radius 1 is 1.24 bits per heavy atom. The molecule has 1 atom stereocenters. The first-order valence-electron chi connectivity index (χ1n) is 7.59. The predicted octanol–water partition coefficient (Wildman–Crippen LogP) is 4.40. The van der Waals surface area contributed by atoms with Crippen LogP contribution in [0.3, 0.4) is 0 Å². The summed E-state index contributed by atoms with van der Waals surface area (Å²) in [5, 5.41) is 5.94. The van der Waals surface area contributed by atoms with Crippen molar-refractivity contribution >= 4 is 33.0 Å². The first-order valence-corrected chi connectivity index (χ1v) is 9.26. The molecule has 2 aromatic rings. The summed E-state index contributed by atoms with van der Waals surface area (Å²) in [5.41, 5.74) is 2.82. The lowest BCUT2D eigenvalue weighted by Gasteiger charge is -2.27. The number of nitrogens with zero attached hydrogens (tertiary/aromatic N) is 1. The summed E-state index contributed by atoms with van der Waals surface area (Å²) in [5.74, 6) is 0.883. The van der Waals surface area contributed by atoms with Crippen LogP contribution in [0.1, 0.15) is 23.3 Å². The second-order valence-electron chi connectivity index (χ2n) is 6.03.